The Hall–Kier alpha value is -2.88. The minimum atomic E-state index is 0.517. The molecule has 168 valence electrons. The molecule has 1 aliphatic heterocycles. The van der Waals surface area contributed by atoms with Crippen molar-refractivity contribution in [2.24, 2.45) is 0 Å². The van der Waals surface area contributed by atoms with Gasteiger partial charge in [-0.25, -0.2) is 4.98 Å². The summed E-state index contributed by atoms with van der Waals surface area (Å²) >= 11 is 6.33. The van der Waals surface area contributed by atoms with Gasteiger partial charge >= 0.3 is 0 Å². The first-order chi connectivity index (χ1) is 16.2. The molecular formula is C29H30ClN3. The first-order valence-electron chi connectivity index (χ1n) is 11.8. The molecule has 1 aliphatic rings. The van der Waals surface area contributed by atoms with Gasteiger partial charge in [0.25, 0.3) is 0 Å². The first kappa shape index (κ1) is 21.9. The fraction of sp³-hybridized carbons (Fsp3) is 0.276. The van der Waals surface area contributed by atoms with Crippen LogP contribution in [0.4, 0.5) is 5.69 Å². The van der Waals surface area contributed by atoms with Gasteiger partial charge in [-0.2, -0.15) is 0 Å². The van der Waals surface area contributed by atoms with Gasteiger partial charge in [-0.1, -0.05) is 72.3 Å². The highest BCUT2D eigenvalue weighted by atomic mass is 35.5. The van der Waals surface area contributed by atoms with Gasteiger partial charge < -0.3 is 9.80 Å². The van der Waals surface area contributed by atoms with E-state index in [9.17, 15) is 0 Å². The molecule has 1 saturated heterocycles. The zero-order valence-corrected chi connectivity index (χ0v) is 19.9. The van der Waals surface area contributed by atoms with Gasteiger partial charge in [0.2, 0.25) is 0 Å². The minimum absolute atomic E-state index is 0.517. The van der Waals surface area contributed by atoms with Crippen molar-refractivity contribution in [3.63, 3.8) is 0 Å². The number of fused-ring (bicyclic) bond motifs is 1. The van der Waals surface area contributed by atoms with Crippen molar-refractivity contribution in [1.82, 2.24) is 9.88 Å². The van der Waals surface area contributed by atoms with Crippen molar-refractivity contribution >= 4 is 28.2 Å². The number of halogens is 1. The summed E-state index contributed by atoms with van der Waals surface area (Å²) < 4.78 is 0. The van der Waals surface area contributed by atoms with E-state index in [-0.39, 0.29) is 0 Å². The van der Waals surface area contributed by atoms with Crippen LogP contribution in [0.25, 0.3) is 22.2 Å². The monoisotopic (exact) mass is 455 g/mol. The number of nitrogens with zero attached hydrogens (tertiary/aromatic N) is 3. The fourth-order valence-electron chi connectivity index (χ4n) is 4.89. The molecule has 0 bridgehead atoms. The molecule has 2 heterocycles. The predicted octanol–water partition coefficient (Wildman–Crippen LogP) is 6.70. The molecule has 0 spiro atoms. The summed E-state index contributed by atoms with van der Waals surface area (Å²) in [6.45, 7) is 3.42. The maximum absolute atomic E-state index is 6.33. The molecule has 0 unspecified atom stereocenters. The van der Waals surface area contributed by atoms with Crippen LogP contribution in [-0.4, -0.2) is 42.6 Å². The highest BCUT2D eigenvalue weighted by Crippen LogP contribution is 2.34. The molecule has 0 amide bonds. The summed E-state index contributed by atoms with van der Waals surface area (Å²) in [7, 11) is 2.24. The molecule has 0 radical (unpaired) electrons. The van der Waals surface area contributed by atoms with Crippen molar-refractivity contribution in [2.75, 3.05) is 31.6 Å². The Morgan fingerprint density at radius 2 is 1.61 bits per heavy atom. The van der Waals surface area contributed by atoms with Crippen LogP contribution in [0.5, 0.6) is 0 Å². The number of anilines is 1. The maximum Gasteiger partial charge on any atom is 0.0745 e. The quantitative estimate of drug-likeness (QED) is 0.322. The van der Waals surface area contributed by atoms with Crippen molar-refractivity contribution in [2.45, 2.75) is 25.3 Å². The SMILES string of the molecule is CN(c1cc(-c2ccccc2)nc2cc(Cl)ccc12)C1CCN(CCc2ccccc2)CC1. The largest absolute Gasteiger partial charge is 0.371 e. The Bertz CT molecular complexity index is 1200. The van der Waals surface area contributed by atoms with Crippen LogP contribution >= 0.6 is 11.6 Å². The maximum atomic E-state index is 6.33. The van der Waals surface area contributed by atoms with Crippen LogP contribution in [0.2, 0.25) is 5.02 Å². The molecule has 0 N–H and O–H groups in total. The van der Waals surface area contributed by atoms with Crippen LogP contribution in [0, 0.1) is 0 Å². The molecule has 4 heteroatoms. The van der Waals surface area contributed by atoms with Crippen molar-refractivity contribution < 1.29 is 0 Å². The lowest BCUT2D eigenvalue weighted by Crippen LogP contribution is -2.44. The zero-order valence-electron chi connectivity index (χ0n) is 19.1. The van der Waals surface area contributed by atoms with E-state index in [4.69, 9.17) is 16.6 Å². The number of piperidine rings is 1. The van der Waals surface area contributed by atoms with Gasteiger partial charge in [0.1, 0.15) is 0 Å². The summed E-state index contributed by atoms with van der Waals surface area (Å²) in [5.74, 6) is 0. The number of aromatic nitrogens is 1. The Morgan fingerprint density at radius 1 is 0.909 bits per heavy atom. The standard InChI is InChI=1S/C29H30ClN3/c1-32(25-15-18-33(19-16-25)17-14-22-8-4-2-5-9-22)29-21-27(23-10-6-3-7-11-23)31-28-20-24(30)12-13-26(28)29/h2-13,20-21,25H,14-19H2,1H3. The van der Waals surface area contributed by atoms with Gasteiger partial charge in [0, 0.05) is 54.4 Å². The van der Waals surface area contributed by atoms with Crippen LogP contribution in [0.1, 0.15) is 18.4 Å². The molecule has 3 aromatic carbocycles. The number of rotatable bonds is 6. The van der Waals surface area contributed by atoms with Gasteiger partial charge in [-0.05, 0) is 49.1 Å². The van der Waals surface area contributed by atoms with Crippen molar-refractivity contribution in [3.8, 4) is 11.3 Å². The third-order valence-electron chi connectivity index (χ3n) is 6.86. The van der Waals surface area contributed by atoms with E-state index in [1.807, 2.05) is 18.2 Å². The average Bonchev–Trinajstić information content (AvgIpc) is 2.87. The van der Waals surface area contributed by atoms with E-state index in [0.717, 1.165) is 53.2 Å². The Morgan fingerprint density at radius 3 is 2.33 bits per heavy atom. The molecule has 0 atom stereocenters. The Balaban J connectivity index is 1.34. The van der Waals surface area contributed by atoms with Gasteiger partial charge in [-0.3, -0.25) is 0 Å². The topological polar surface area (TPSA) is 19.4 Å². The molecule has 5 rings (SSSR count). The smallest absolute Gasteiger partial charge is 0.0745 e. The molecule has 1 fully saturated rings. The van der Waals surface area contributed by atoms with E-state index in [1.54, 1.807) is 0 Å². The van der Waals surface area contributed by atoms with Crippen molar-refractivity contribution in [3.05, 3.63) is 95.5 Å². The molecular weight excluding hydrogens is 426 g/mol. The van der Waals surface area contributed by atoms with Crippen LogP contribution in [-0.2, 0) is 6.42 Å². The van der Waals surface area contributed by atoms with Gasteiger partial charge in [0.05, 0.1) is 11.2 Å². The van der Waals surface area contributed by atoms with E-state index < -0.39 is 0 Å². The fourth-order valence-corrected chi connectivity index (χ4v) is 5.06. The number of likely N-dealkylation sites (tertiary alicyclic amines) is 1. The van der Waals surface area contributed by atoms with Gasteiger partial charge in [-0.15, -0.1) is 0 Å². The lowest BCUT2D eigenvalue weighted by molar-refractivity contribution is 0.213. The zero-order chi connectivity index (χ0) is 22.6. The number of hydrogen-bond donors (Lipinski definition) is 0. The van der Waals surface area contributed by atoms with E-state index in [1.165, 1.54) is 24.1 Å². The number of hydrogen-bond acceptors (Lipinski definition) is 3. The van der Waals surface area contributed by atoms with Crippen LogP contribution in [0.3, 0.4) is 0 Å². The molecule has 4 aromatic rings. The second kappa shape index (κ2) is 9.94. The molecule has 0 saturated carbocycles. The van der Waals surface area contributed by atoms with Crippen LogP contribution in [0.15, 0.2) is 84.9 Å². The van der Waals surface area contributed by atoms with E-state index >= 15 is 0 Å². The molecule has 1 aromatic heterocycles. The molecule has 0 aliphatic carbocycles. The van der Waals surface area contributed by atoms with E-state index in [2.05, 4.69) is 83.6 Å². The number of pyridine rings is 1. The average molecular weight is 456 g/mol. The lowest BCUT2D eigenvalue weighted by Gasteiger charge is -2.38. The summed E-state index contributed by atoms with van der Waals surface area (Å²) in [4.78, 5) is 10.0. The van der Waals surface area contributed by atoms with E-state index in [0.29, 0.717) is 6.04 Å². The Labute approximate surface area is 201 Å². The molecule has 3 nitrogen and oxygen atoms in total. The predicted molar refractivity (Wildman–Crippen MR) is 140 cm³/mol. The normalized spacial score (nSPS) is 15.1. The van der Waals surface area contributed by atoms with Crippen molar-refractivity contribution in [1.29, 1.82) is 0 Å². The molecule has 33 heavy (non-hydrogen) atoms. The second-order valence-corrected chi connectivity index (χ2v) is 9.41. The Kier molecular flexibility index (Phi) is 6.61. The summed E-state index contributed by atoms with van der Waals surface area (Å²) in [5.41, 5.74) is 5.73. The summed E-state index contributed by atoms with van der Waals surface area (Å²) in [5, 5.41) is 1.88. The highest BCUT2D eigenvalue weighted by Gasteiger charge is 2.24. The van der Waals surface area contributed by atoms with Crippen LogP contribution < -0.4 is 4.90 Å². The minimum Gasteiger partial charge on any atom is -0.371 e. The summed E-state index contributed by atoms with van der Waals surface area (Å²) in [6, 6.07) is 30.0. The summed E-state index contributed by atoms with van der Waals surface area (Å²) in [6.07, 6.45) is 3.46. The second-order valence-electron chi connectivity index (χ2n) is 8.97. The number of benzene rings is 3. The first-order valence-corrected chi connectivity index (χ1v) is 12.2. The third kappa shape index (κ3) is 5.05. The van der Waals surface area contributed by atoms with Gasteiger partial charge in [0.15, 0.2) is 0 Å². The highest BCUT2D eigenvalue weighted by molar-refractivity contribution is 6.31. The third-order valence-corrected chi connectivity index (χ3v) is 7.10. The lowest BCUT2D eigenvalue weighted by atomic mass is 10.0.